The van der Waals surface area contributed by atoms with Crippen LogP contribution in [-0.4, -0.2) is 40.5 Å². The van der Waals surface area contributed by atoms with Gasteiger partial charge < -0.3 is 10.2 Å². The van der Waals surface area contributed by atoms with E-state index in [0.29, 0.717) is 11.7 Å². The lowest BCUT2D eigenvalue weighted by atomic mass is 9.97. The predicted octanol–water partition coefficient (Wildman–Crippen LogP) is -0.305. The SMILES string of the molecule is CCCN(CC1CCNCC1)c1nn(C)c(=O)n(C)c1=O. The highest BCUT2D eigenvalue weighted by atomic mass is 16.2. The predicted molar refractivity (Wildman–Crippen MR) is 82.8 cm³/mol. The first-order valence-electron chi connectivity index (χ1n) is 7.64. The number of nitrogens with zero attached hydrogens (tertiary/aromatic N) is 4. The first-order valence-corrected chi connectivity index (χ1v) is 7.64. The zero-order chi connectivity index (χ0) is 15.4. The molecule has 7 heteroatoms. The maximum absolute atomic E-state index is 12.3. The van der Waals surface area contributed by atoms with Gasteiger partial charge in [0.25, 0.3) is 5.56 Å². The van der Waals surface area contributed by atoms with Crippen molar-refractivity contribution in [1.82, 2.24) is 19.7 Å². The first-order chi connectivity index (χ1) is 10.0. The van der Waals surface area contributed by atoms with Crippen molar-refractivity contribution in [2.24, 2.45) is 20.0 Å². The monoisotopic (exact) mass is 295 g/mol. The minimum absolute atomic E-state index is 0.305. The van der Waals surface area contributed by atoms with Crippen LogP contribution in [0.1, 0.15) is 26.2 Å². The second kappa shape index (κ2) is 6.89. The van der Waals surface area contributed by atoms with Gasteiger partial charge in [-0.2, -0.15) is 0 Å². The van der Waals surface area contributed by atoms with E-state index in [4.69, 9.17) is 0 Å². The average molecular weight is 295 g/mol. The largest absolute Gasteiger partial charge is 0.350 e. The fourth-order valence-electron chi connectivity index (χ4n) is 2.81. The fraction of sp³-hybridized carbons (Fsp3) is 0.786. The molecule has 0 unspecified atom stereocenters. The van der Waals surface area contributed by atoms with Gasteiger partial charge in [0.15, 0.2) is 0 Å². The zero-order valence-electron chi connectivity index (χ0n) is 13.1. The molecule has 0 spiro atoms. The van der Waals surface area contributed by atoms with Crippen molar-refractivity contribution in [3.8, 4) is 0 Å². The van der Waals surface area contributed by atoms with Gasteiger partial charge in [0.2, 0.25) is 5.82 Å². The molecule has 1 aromatic rings. The van der Waals surface area contributed by atoms with Crippen LogP contribution in [0.2, 0.25) is 0 Å². The average Bonchev–Trinajstić information content (AvgIpc) is 2.49. The van der Waals surface area contributed by atoms with Crippen molar-refractivity contribution < 1.29 is 0 Å². The summed E-state index contributed by atoms with van der Waals surface area (Å²) in [6.07, 6.45) is 3.18. The Kier molecular flexibility index (Phi) is 5.17. The summed E-state index contributed by atoms with van der Waals surface area (Å²) in [5, 5.41) is 7.55. The Morgan fingerprint density at radius 2 is 1.95 bits per heavy atom. The number of aromatic nitrogens is 3. The summed E-state index contributed by atoms with van der Waals surface area (Å²) in [6, 6.07) is 0. The second-order valence-electron chi connectivity index (χ2n) is 5.73. The van der Waals surface area contributed by atoms with Crippen molar-refractivity contribution >= 4 is 5.82 Å². The molecule has 1 aliphatic rings. The highest BCUT2D eigenvalue weighted by Crippen LogP contribution is 2.16. The molecule has 21 heavy (non-hydrogen) atoms. The van der Waals surface area contributed by atoms with E-state index in [1.165, 1.54) is 11.7 Å². The summed E-state index contributed by atoms with van der Waals surface area (Å²) in [5.41, 5.74) is -0.692. The Morgan fingerprint density at radius 1 is 1.29 bits per heavy atom. The second-order valence-corrected chi connectivity index (χ2v) is 5.73. The minimum Gasteiger partial charge on any atom is -0.350 e. The van der Waals surface area contributed by atoms with Crippen LogP contribution >= 0.6 is 0 Å². The highest BCUT2D eigenvalue weighted by Gasteiger charge is 2.21. The number of nitrogens with one attached hydrogen (secondary N) is 1. The molecule has 0 aromatic carbocycles. The fourth-order valence-corrected chi connectivity index (χ4v) is 2.81. The smallest absolute Gasteiger partial charge is 0.346 e. The van der Waals surface area contributed by atoms with Crippen LogP contribution in [0.4, 0.5) is 5.82 Å². The standard InChI is InChI=1S/C14H25N5O2/c1-4-9-19(10-11-5-7-15-8-6-11)12-13(20)17(2)14(21)18(3)16-12/h11,15H,4-10H2,1-3H3. The first kappa shape index (κ1) is 15.8. The van der Waals surface area contributed by atoms with Crippen molar-refractivity contribution in [3.63, 3.8) is 0 Å². The lowest BCUT2D eigenvalue weighted by Crippen LogP contribution is -2.45. The third kappa shape index (κ3) is 3.53. The summed E-state index contributed by atoms with van der Waals surface area (Å²) in [4.78, 5) is 26.1. The van der Waals surface area contributed by atoms with E-state index < -0.39 is 0 Å². The Balaban J connectivity index is 2.29. The van der Waals surface area contributed by atoms with Crippen LogP contribution in [-0.2, 0) is 14.1 Å². The molecule has 0 atom stereocenters. The van der Waals surface area contributed by atoms with E-state index in [1.807, 2.05) is 4.90 Å². The number of anilines is 1. The summed E-state index contributed by atoms with van der Waals surface area (Å²) in [6.45, 7) is 5.76. The molecule has 1 fully saturated rings. The van der Waals surface area contributed by atoms with Gasteiger partial charge >= 0.3 is 5.69 Å². The molecule has 1 N–H and O–H groups in total. The van der Waals surface area contributed by atoms with Crippen LogP contribution in [0.25, 0.3) is 0 Å². The van der Waals surface area contributed by atoms with Crippen LogP contribution in [0.5, 0.6) is 0 Å². The lowest BCUT2D eigenvalue weighted by Gasteiger charge is -2.30. The molecule has 2 rings (SSSR count). The van der Waals surface area contributed by atoms with Gasteiger partial charge in [0, 0.05) is 27.2 Å². The Morgan fingerprint density at radius 3 is 2.57 bits per heavy atom. The lowest BCUT2D eigenvalue weighted by molar-refractivity contribution is 0.371. The van der Waals surface area contributed by atoms with Crippen molar-refractivity contribution in [1.29, 1.82) is 0 Å². The normalized spacial score (nSPS) is 16.1. The van der Waals surface area contributed by atoms with E-state index in [2.05, 4.69) is 17.3 Å². The molecule has 0 aliphatic carbocycles. The molecule has 0 bridgehead atoms. The van der Waals surface area contributed by atoms with Crippen molar-refractivity contribution in [3.05, 3.63) is 20.8 Å². The number of hydrogen-bond donors (Lipinski definition) is 1. The summed E-state index contributed by atoms with van der Waals surface area (Å²) < 4.78 is 2.37. The highest BCUT2D eigenvalue weighted by molar-refractivity contribution is 5.34. The third-order valence-corrected chi connectivity index (χ3v) is 4.03. The minimum atomic E-state index is -0.387. The number of piperidine rings is 1. The number of hydrogen-bond acceptors (Lipinski definition) is 5. The number of aryl methyl sites for hydroxylation is 1. The molecule has 1 aromatic heterocycles. The van der Waals surface area contributed by atoms with E-state index in [-0.39, 0.29) is 11.2 Å². The Labute approximate surface area is 124 Å². The van der Waals surface area contributed by atoms with Crippen LogP contribution < -0.4 is 21.5 Å². The Hall–Kier alpha value is -1.63. The van der Waals surface area contributed by atoms with Gasteiger partial charge in [0.1, 0.15) is 0 Å². The molecule has 0 amide bonds. The van der Waals surface area contributed by atoms with E-state index in [0.717, 1.165) is 50.0 Å². The van der Waals surface area contributed by atoms with Gasteiger partial charge in [-0.1, -0.05) is 6.92 Å². The molecule has 2 heterocycles. The summed E-state index contributed by atoms with van der Waals surface area (Å²) >= 11 is 0. The molecule has 1 saturated heterocycles. The molecule has 0 radical (unpaired) electrons. The van der Waals surface area contributed by atoms with Gasteiger partial charge in [-0.15, -0.1) is 5.10 Å². The van der Waals surface area contributed by atoms with Crippen LogP contribution in [0.15, 0.2) is 9.59 Å². The molecular formula is C14H25N5O2. The summed E-state index contributed by atoms with van der Waals surface area (Å²) in [5.74, 6) is 0.960. The van der Waals surface area contributed by atoms with Crippen LogP contribution in [0.3, 0.4) is 0 Å². The van der Waals surface area contributed by atoms with Crippen molar-refractivity contribution in [2.45, 2.75) is 26.2 Å². The maximum atomic E-state index is 12.3. The third-order valence-electron chi connectivity index (χ3n) is 4.03. The van der Waals surface area contributed by atoms with E-state index in [1.54, 1.807) is 7.05 Å². The van der Waals surface area contributed by atoms with Crippen molar-refractivity contribution in [2.75, 3.05) is 31.1 Å². The maximum Gasteiger partial charge on any atom is 0.346 e. The van der Waals surface area contributed by atoms with Gasteiger partial charge in [-0.3, -0.25) is 9.36 Å². The summed E-state index contributed by atoms with van der Waals surface area (Å²) in [7, 11) is 3.09. The van der Waals surface area contributed by atoms with Gasteiger partial charge in [-0.05, 0) is 38.3 Å². The molecule has 1 aliphatic heterocycles. The molecule has 7 nitrogen and oxygen atoms in total. The number of rotatable bonds is 5. The quantitative estimate of drug-likeness (QED) is 0.807. The van der Waals surface area contributed by atoms with E-state index >= 15 is 0 Å². The molecule has 0 saturated carbocycles. The topological polar surface area (TPSA) is 72.2 Å². The molecular weight excluding hydrogens is 270 g/mol. The Bertz CT molecular complexity index is 586. The zero-order valence-corrected chi connectivity index (χ0v) is 13.1. The van der Waals surface area contributed by atoms with E-state index in [9.17, 15) is 9.59 Å². The molecule has 118 valence electrons. The van der Waals surface area contributed by atoms with Gasteiger partial charge in [-0.25, -0.2) is 9.48 Å². The van der Waals surface area contributed by atoms with Crippen LogP contribution in [0, 0.1) is 5.92 Å². The van der Waals surface area contributed by atoms with Gasteiger partial charge in [0.05, 0.1) is 0 Å².